The third-order valence-corrected chi connectivity index (χ3v) is 5.82. The molecule has 6 nitrogen and oxygen atoms in total. The second-order valence-electron chi connectivity index (χ2n) is 7.82. The van der Waals surface area contributed by atoms with Gasteiger partial charge in [-0.1, -0.05) is 42.5 Å². The first-order chi connectivity index (χ1) is 15.2. The summed E-state index contributed by atoms with van der Waals surface area (Å²) in [5, 5.41) is 2.36. The Morgan fingerprint density at radius 1 is 0.970 bits per heavy atom. The van der Waals surface area contributed by atoms with Crippen LogP contribution in [0.15, 0.2) is 66.7 Å². The highest BCUT2D eigenvalue weighted by Gasteiger charge is 2.50. The predicted molar refractivity (Wildman–Crippen MR) is 116 cm³/mol. The Morgan fingerprint density at radius 2 is 1.52 bits per heavy atom. The van der Waals surface area contributed by atoms with Crippen molar-refractivity contribution in [3.05, 3.63) is 72.3 Å². The molecule has 10 heteroatoms. The fourth-order valence-corrected chi connectivity index (χ4v) is 3.89. The molecule has 1 heterocycles. The number of carbonyl (C=O) groups is 1. The lowest BCUT2D eigenvalue weighted by Gasteiger charge is -2.18. The topological polar surface area (TPSA) is 86.5 Å². The summed E-state index contributed by atoms with van der Waals surface area (Å²) in [6.45, 7) is 4.17. The fraction of sp³-hybridized carbons (Fsp3) is 0.217. The molecule has 0 bridgehead atoms. The zero-order valence-electron chi connectivity index (χ0n) is 17.9. The maximum atomic E-state index is 12.9. The molecule has 0 N–H and O–H groups in total. The van der Waals surface area contributed by atoms with Crippen LogP contribution in [0.3, 0.4) is 0 Å². The van der Waals surface area contributed by atoms with E-state index in [0.29, 0.717) is 11.5 Å². The van der Waals surface area contributed by atoms with E-state index in [1.54, 1.807) is 12.1 Å². The lowest BCUT2D eigenvalue weighted by atomic mass is 9.79. The molecule has 0 saturated heterocycles. The molecule has 0 amide bonds. The Labute approximate surface area is 188 Å². The first kappa shape index (κ1) is 24.4. The highest BCUT2D eigenvalue weighted by molar-refractivity contribution is 7.86. The number of carbonyl (C=O) groups excluding carboxylic acids is 1. The van der Waals surface area contributed by atoms with Crippen molar-refractivity contribution >= 4 is 38.3 Å². The number of nitrogens with zero attached hydrogens (tertiary/aromatic N) is 1. The van der Waals surface area contributed by atoms with Crippen LogP contribution in [0.5, 0.6) is 5.75 Å². The van der Waals surface area contributed by atoms with E-state index in [1.165, 1.54) is 16.3 Å². The van der Waals surface area contributed by atoms with Crippen LogP contribution in [0.4, 0.5) is 18.9 Å². The number of para-hydroxylation sites is 1. The van der Waals surface area contributed by atoms with Crippen molar-refractivity contribution in [2.24, 2.45) is 0 Å². The van der Waals surface area contributed by atoms with Crippen LogP contribution in [-0.2, 0) is 20.3 Å². The minimum absolute atomic E-state index is 0.306. The zero-order valence-corrected chi connectivity index (χ0v) is 18.7. The van der Waals surface area contributed by atoms with Gasteiger partial charge in [-0.3, -0.25) is 0 Å². The van der Waals surface area contributed by atoms with Crippen LogP contribution >= 0.6 is 0 Å². The van der Waals surface area contributed by atoms with E-state index in [1.807, 2.05) is 42.0 Å². The monoisotopic (exact) mass is 479 g/mol. The van der Waals surface area contributed by atoms with E-state index < -0.39 is 21.0 Å². The molecule has 0 aliphatic carbocycles. The van der Waals surface area contributed by atoms with Gasteiger partial charge in [0.2, 0.25) is 5.69 Å². The minimum atomic E-state index is -6.09. The van der Waals surface area contributed by atoms with Gasteiger partial charge in [0.05, 0.1) is 5.41 Å². The second kappa shape index (κ2) is 8.60. The minimum Gasteiger partial charge on any atom is -0.741 e. The molecule has 0 spiro atoms. The van der Waals surface area contributed by atoms with Crippen molar-refractivity contribution in [3.63, 3.8) is 0 Å². The van der Waals surface area contributed by atoms with Crippen LogP contribution in [-0.4, -0.2) is 41.8 Å². The van der Waals surface area contributed by atoms with Crippen molar-refractivity contribution in [3.8, 4) is 5.75 Å². The summed E-state index contributed by atoms with van der Waals surface area (Å²) in [4.78, 5) is 12.9. The summed E-state index contributed by atoms with van der Waals surface area (Å²) in [5.41, 5.74) is -3.19. The van der Waals surface area contributed by atoms with Crippen molar-refractivity contribution < 1.29 is 40.2 Å². The zero-order chi connectivity index (χ0) is 24.6. The van der Waals surface area contributed by atoms with Gasteiger partial charge in [0.25, 0.3) is 5.71 Å². The Bertz CT molecular complexity index is 1350. The molecule has 174 valence electrons. The number of fused-ring (bicyclic) bond motifs is 3. The van der Waals surface area contributed by atoms with Crippen molar-refractivity contribution in [1.29, 1.82) is 0 Å². The van der Waals surface area contributed by atoms with Crippen LogP contribution < -0.4 is 4.74 Å². The summed E-state index contributed by atoms with van der Waals surface area (Å²) in [5.74, 6) is 0.254. The molecule has 1 aliphatic rings. The van der Waals surface area contributed by atoms with Gasteiger partial charge in [-0.05, 0) is 42.8 Å². The van der Waals surface area contributed by atoms with E-state index in [4.69, 9.17) is 17.7 Å². The molecule has 0 atom stereocenters. The number of hydrogen-bond donors (Lipinski definition) is 0. The summed E-state index contributed by atoms with van der Waals surface area (Å²) < 4.78 is 66.5. The number of hydrogen-bond acceptors (Lipinski definition) is 5. The lowest BCUT2D eigenvalue weighted by Crippen LogP contribution is -2.38. The van der Waals surface area contributed by atoms with Gasteiger partial charge in [0.1, 0.15) is 12.8 Å². The molecule has 0 aromatic heterocycles. The van der Waals surface area contributed by atoms with Crippen molar-refractivity contribution in [2.75, 3.05) is 7.05 Å². The van der Waals surface area contributed by atoms with Crippen LogP contribution in [0.25, 0.3) is 10.8 Å². The number of alkyl halides is 3. The maximum Gasteiger partial charge on any atom is 0.485 e. The molecule has 0 saturated carbocycles. The van der Waals surface area contributed by atoms with E-state index in [0.717, 1.165) is 5.69 Å². The number of benzene rings is 3. The average Bonchev–Trinajstić information content (AvgIpc) is 2.93. The average molecular weight is 479 g/mol. The maximum absolute atomic E-state index is 12.9. The molecule has 33 heavy (non-hydrogen) atoms. The number of halogens is 3. The quantitative estimate of drug-likeness (QED) is 0.178. The lowest BCUT2D eigenvalue weighted by molar-refractivity contribution is -0.402. The van der Waals surface area contributed by atoms with Gasteiger partial charge in [-0.15, -0.1) is 0 Å². The van der Waals surface area contributed by atoms with Crippen LogP contribution in [0.1, 0.15) is 19.4 Å². The summed E-state index contributed by atoms with van der Waals surface area (Å²) in [6.07, 6.45) is 0. The van der Waals surface area contributed by atoms with E-state index in [-0.39, 0.29) is 5.97 Å². The van der Waals surface area contributed by atoms with Crippen molar-refractivity contribution in [1.82, 2.24) is 0 Å². The Kier molecular flexibility index (Phi) is 6.36. The normalized spacial score (nSPS) is 15.0. The molecule has 3 aromatic rings. The first-order valence-electron chi connectivity index (χ1n) is 9.68. The van der Waals surface area contributed by atoms with Crippen molar-refractivity contribution in [2.45, 2.75) is 24.8 Å². The Hall–Kier alpha value is -3.24. The molecule has 0 unspecified atom stereocenters. The van der Waals surface area contributed by atoms with Crippen LogP contribution in [0, 0.1) is 0 Å². The van der Waals surface area contributed by atoms with Crippen LogP contribution in [0.2, 0.25) is 0 Å². The SMILES string of the molecule is C[N+]1=C(C(=O)Oc2ccccc2)C(C)(C)c2c1ccc1ccccc21.O=S(=O)([O-])C(F)(F)F. The molecule has 0 radical (unpaired) electrons. The highest BCUT2D eigenvalue weighted by Crippen LogP contribution is 2.43. The van der Waals surface area contributed by atoms with Gasteiger partial charge in [-0.25, -0.2) is 13.2 Å². The third-order valence-electron chi connectivity index (χ3n) is 5.25. The fourth-order valence-electron chi connectivity index (χ4n) is 3.89. The summed E-state index contributed by atoms with van der Waals surface area (Å²) in [7, 11) is -4.16. The van der Waals surface area contributed by atoms with E-state index >= 15 is 0 Å². The largest absolute Gasteiger partial charge is 0.741 e. The number of ether oxygens (including phenoxy) is 1. The molecule has 1 aliphatic heterocycles. The van der Waals surface area contributed by atoms with Gasteiger partial charge in [0, 0.05) is 11.6 Å². The molecular weight excluding hydrogens is 459 g/mol. The second-order valence-corrected chi connectivity index (χ2v) is 9.19. The summed E-state index contributed by atoms with van der Waals surface area (Å²) >= 11 is 0. The standard InChI is InChI=1S/C22H20NO2.CHF3O3S/c1-22(2)19-17-12-8-7-9-15(17)13-14-18(19)23(3)20(22)21(24)25-16-10-5-4-6-11-16;2-1(3,4)8(5,6)7/h4-14H,1-3H3;(H,5,6,7)/q+1;/p-1. The summed E-state index contributed by atoms with van der Waals surface area (Å²) in [6, 6.07) is 21.7. The molecule has 3 aromatic carbocycles. The number of esters is 1. The first-order valence-corrected chi connectivity index (χ1v) is 11.1. The van der Waals surface area contributed by atoms with Gasteiger partial charge in [-0.2, -0.15) is 17.7 Å². The van der Waals surface area contributed by atoms with E-state index in [2.05, 4.69) is 38.1 Å². The Morgan fingerprint density at radius 3 is 2.09 bits per heavy atom. The predicted octanol–water partition coefficient (Wildman–Crippen LogP) is 4.50. The van der Waals surface area contributed by atoms with Gasteiger partial charge < -0.3 is 9.29 Å². The molecular formula is C23H20F3NO5S. The molecule has 0 fully saturated rings. The number of rotatable bonds is 2. The smallest absolute Gasteiger partial charge is 0.485 e. The third kappa shape index (κ3) is 4.76. The van der Waals surface area contributed by atoms with Gasteiger partial charge in [0.15, 0.2) is 10.1 Å². The van der Waals surface area contributed by atoms with Gasteiger partial charge >= 0.3 is 11.5 Å². The highest BCUT2D eigenvalue weighted by atomic mass is 32.2. The van der Waals surface area contributed by atoms with E-state index in [9.17, 15) is 18.0 Å². The molecule has 4 rings (SSSR count). The Balaban J connectivity index is 0.000000331.